The van der Waals surface area contributed by atoms with E-state index >= 15 is 0 Å². The molecule has 1 fully saturated rings. The van der Waals surface area contributed by atoms with E-state index in [1.165, 1.54) is 37.8 Å². The van der Waals surface area contributed by atoms with Crippen LogP contribution in [0.15, 0.2) is 18.2 Å². The molecule has 0 amide bonds. The Bertz CT molecular complexity index is 452. The number of benzene rings is 1. The first kappa shape index (κ1) is 16.4. The molecule has 1 aromatic rings. The Labute approximate surface area is 125 Å². The zero-order valence-corrected chi connectivity index (χ0v) is 12.7. The Morgan fingerprint density at radius 1 is 1.29 bits per heavy atom. The van der Waals surface area contributed by atoms with Crippen LogP contribution in [-0.2, 0) is 0 Å². The van der Waals surface area contributed by atoms with Crippen molar-refractivity contribution in [2.24, 2.45) is 5.92 Å². The summed E-state index contributed by atoms with van der Waals surface area (Å²) in [7, 11) is 0. The average molecular weight is 297 g/mol. The Kier molecular flexibility index (Phi) is 6.12. The maximum absolute atomic E-state index is 13.6. The standard InChI is InChI=1S/C17H25F2NO/c1-2-13-5-4-10-20(11-8-13)12-9-16(21)14-6-3-7-15(18)17(14)19/h3,6-7,13,16,21H,2,4-5,8-12H2,1H3. The first-order valence-corrected chi connectivity index (χ1v) is 7.96. The van der Waals surface area contributed by atoms with Gasteiger partial charge in [-0.05, 0) is 50.8 Å². The highest BCUT2D eigenvalue weighted by molar-refractivity contribution is 5.21. The van der Waals surface area contributed by atoms with Gasteiger partial charge < -0.3 is 10.0 Å². The van der Waals surface area contributed by atoms with Crippen LogP contribution in [0.1, 0.15) is 50.7 Å². The molecule has 2 atom stereocenters. The van der Waals surface area contributed by atoms with Crippen LogP contribution in [0.25, 0.3) is 0 Å². The van der Waals surface area contributed by atoms with Gasteiger partial charge in [0.05, 0.1) is 6.10 Å². The van der Waals surface area contributed by atoms with Gasteiger partial charge in [-0.3, -0.25) is 0 Å². The molecule has 4 heteroatoms. The summed E-state index contributed by atoms with van der Waals surface area (Å²) in [6, 6.07) is 3.97. The molecule has 0 saturated carbocycles. The number of hydrogen-bond donors (Lipinski definition) is 1. The quantitative estimate of drug-likeness (QED) is 0.891. The molecule has 0 radical (unpaired) electrons. The largest absolute Gasteiger partial charge is 0.388 e. The van der Waals surface area contributed by atoms with Gasteiger partial charge in [0.1, 0.15) is 0 Å². The summed E-state index contributed by atoms with van der Waals surface area (Å²) < 4.78 is 26.8. The highest BCUT2D eigenvalue weighted by Crippen LogP contribution is 2.24. The molecule has 118 valence electrons. The van der Waals surface area contributed by atoms with Gasteiger partial charge in [-0.15, -0.1) is 0 Å². The maximum Gasteiger partial charge on any atom is 0.164 e. The van der Waals surface area contributed by atoms with Crippen LogP contribution in [0.5, 0.6) is 0 Å². The fraction of sp³-hybridized carbons (Fsp3) is 0.647. The molecule has 2 nitrogen and oxygen atoms in total. The summed E-state index contributed by atoms with van der Waals surface area (Å²) in [6.45, 7) is 5.04. The van der Waals surface area contributed by atoms with Crippen molar-refractivity contribution in [3.8, 4) is 0 Å². The molecule has 0 bridgehead atoms. The van der Waals surface area contributed by atoms with Gasteiger partial charge in [0, 0.05) is 12.1 Å². The van der Waals surface area contributed by atoms with Crippen molar-refractivity contribution in [2.45, 2.75) is 45.1 Å². The van der Waals surface area contributed by atoms with Gasteiger partial charge in [-0.1, -0.05) is 25.5 Å². The zero-order chi connectivity index (χ0) is 15.2. The fourth-order valence-corrected chi connectivity index (χ4v) is 3.09. The number of nitrogens with zero attached hydrogens (tertiary/aromatic N) is 1. The van der Waals surface area contributed by atoms with Gasteiger partial charge in [0.25, 0.3) is 0 Å². The third-order valence-electron chi connectivity index (χ3n) is 4.58. The molecule has 2 rings (SSSR count). The second-order valence-electron chi connectivity index (χ2n) is 5.99. The summed E-state index contributed by atoms with van der Waals surface area (Å²) in [5.41, 5.74) is 0.0660. The third kappa shape index (κ3) is 4.48. The van der Waals surface area contributed by atoms with E-state index in [4.69, 9.17) is 0 Å². The van der Waals surface area contributed by atoms with Crippen LogP contribution in [0.4, 0.5) is 8.78 Å². The first-order valence-electron chi connectivity index (χ1n) is 7.96. The van der Waals surface area contributed by atoms with Crippen molar-refractivity contribution in [3.63, 3.8) is 0 Å². The van der Waals surface area contributed by atoms with E-state index in [9.17, 15) is 13.9 Å². The molecule has 1 heterocycles. The summed E-state index contributed by atoms with van der Waals surface area (Å²) in [5, 5.41) is 10.1. The topological polar surface area (TPSA) is 23.5 Å². The van der Waals surface area contributed by atoms with Crippen molar-refractivity contribution in [1.82, 2.24) is 4.90 Å². The number of aliphatic hydroxyl groups excluding tert-OH is 1. The Hall–Kier alpha value is -1.00. The van der Waals surface area contributed by atoms with E-state index in [1.54, 1.807) is 0 Å². The molecule has 21 heavy (non-hydrogen) atoms. The predicted molar refractivity (Wildman–Crippen MR) is 80.0 cm³/mol. The van der Waals surface area contributed by atoms with E-state index in [-0.39, 0.29) is 5.56 Å². The van der Waals surface area contributed by atoms with Crippen LogP contribution < -0.4 is 0 Å². The number of aliphatic hydroxyl groups is 1. The van der Waals surface area contributed by atoms with Crippen molar-refractivity contribution < 1.29 is 13.9 Å². The second-order valence-corrected chi connectivity index (χ2v) is 5.99. The molecule has 0 aromatic heterocycles. The Morgan fingerprint density at radius 2 is 2.10 bits per heavy atom. The molecular weight excluding hydrogens is 272 g/mol. The first-order chi connectivity index (χ1) is 10.1. The Balaban J connectivity index is 1.86. The monoisotopic (exact) mass is 297 g/mol. The molecule has 2 unspecified atom stereocenters. The van der Waals surface area contributed by atoms with Crippen LogP contribution in [0.2, 0.25) is 0 Å². The van der Waals surface area contributed by atoms with E-state index in [1.807, 2.05) is 0 Å². The fourth-order valence-electron chi connectivity index (χ4n) is 3.09. The lowest BCUT2D eigenvalue weighted by atomic mass is 9.98. The van der Waals surface area contributed by atoms with Crippen molar-refractivity contribution >= 4 is 0 Å². The summed E-state index contributed by atoms with van der Waals surface area (Å²) >= 11 is 0. The van der Waals surface area contributed by atoms with E-state index < -0.39 is 17.7 Å². The lowest BCUT2D eigenvalue weighted by Gasteiger charge is -2.22. The van der Waals surface area contributed by atoms with Crippen LogP contribution in [0, 0.1) is 17.6 Å². The lowest BCUT2D eigenvalue weighted by Crippen LogP contribution is -2.27. The van der Waals surface area contributed by atoms with Crippen molar-refractivity contribution in [2.75, 3.05) is 19.6 Å². The predicted octanol–water partition coefficient (Wildman–Crippen LogP) is 3.90. The zero-order valence-electron chi connectivity index (χ0n) is 12.7. The number of hydrogen-bond acceptors (Lipinski definition) is 2. The second kappa shape index (κ2) is 7.85. The summed E-state index contributed by atoms with van der Waals surface area (Å²) in [4.78, 5) is 2.33. The Morgan fingerprint density at radius 3 is 2.86 bits per heavy atom. The van der Waals surface area contributed by atoms with Crippen LogP contribution >= 0.6 is 0 Å². The maximum atomic E-state index is 13.6. The van der Waals surface area contributed by atoms with E-state index in [2.05, 4.69) is 11.8 Å². The van der Waals surface area contributed by atoms with Crippen LogP contribution in [-0.4, -0.2) is 29.6 Å². The van der Waals surface area contributed by atoms with Gasteiger partial charge in [-0.2, -0.15) is 0 Å². The smallest absolute Gasteiger partial charge is 0.164 e. The normalized spacial score (nSPS) is 22.0. The van der Waals surface area contributed by atoms with Gasteiger partial charge in [0.15, 0.2) is 11.6 Å². The molecule has 1 aromatic carbocycles. The highest BCUT2D eigenvalue weighted by Gasteiger charge is 2.19. The third-order valence-corrected chi connectivity index (χ3v) is 4.58. The molecule has 1 N–H and O–H groups in total. The van der Waals surface area contributed by atoms with E-state index in [0.717, 1.165) is 31.6 Å². The number of halogens is 2. The minimum absolute atomic E-state index is 0.0660. The molecule has 0 spiro atoms. The molecular formula is C17H25F2NO. The van der Waals surface area contributed by atoms with Crippen molar-refractivity contribution in [3.05, 3.63) is 35.4 Å². The number of likely N-dealkylation sites (tertiary alicyclic amines) is 1. The van der Waals surface area contributed by atoms with E-state index in [0.29, 0.717) is 6.42 Å². The van der Waals surface area contributed by atoms with Gasteiger partial charge in [0.2, 0.25) is 0 Å². The molecule has 0 aliphatic carbocycles. The molecule has 1 aliphatic heterocycles. The SMILES string of the molecule is CCC1CCCN(CCC(O)c2cccc(F)c2F)CC1. The van der Waals surface area contributed by atoms with Gasteiger partial charge in [-0.25, -0.2) is 8.78 Å². The summed E-state index contributed by atoms with van der Waals surface area (Å²) in [5.74, 6) is -1.01. The minimum atomic E-state index is -0.939. The molecule has 1 saturated heterocycles. The van der Waals surface area contributed by atoms with Crippen molar-refractivity contribution in [1.29, 1.82) is 0 Å². The minimum Gasteiger partial charge on any atom is -0.388 e. The lowest BCUT2D eigenvalue weighted by molar-refractivity contribution is 0.138. The van der Waals surface area contributed by atoms with Gasteiger partial charge >= 0.3 is 0 Å². The average Bonchev–Trinajstić information content (AvgIpc) is 2.72. The molecule has 1 aliphatic rings. The summed E-state index contributed by atoms with van der Waals surface area (Å²) in [6.07, 6.45) is 4.38. The highest BCUT2D eigenvalue weighted by atomic mass is 19.2. The number of rotatable bonds is 5. The van der Waals surface area contributed by atoms with Crippen LogP contribution in [0.3, 0.4) is 0 Å².